The summed E-state index contributed by atoms with van der Waals surface area (Å²) in [6.07, 6.45) is 4.29. The SMILES string of the molecule is CCN1CCC(N(C(=O)c2cc(OC)c(OC)c(OC)c2)C2CC2)CC1. The van der Waals surface area contributed by atoms with Crippen LogP contribution in [0, 0.1) is 0 Å². The van der Waals surface area contributed by atoms with Crippen molar-refractivity contribution in [2.24, 2.45) is 0 Å². The van der Waals surface area contributed by atoms with E-state index in [1.54, 1.807) is 33.5 Å². The van der Waals surface area contributed by atoms with Gasteiger partial charge >= 0.3 is 0 Å². The van der Waals surface area contributed by atoms with Crippen LogP contribution in [0.25, 0.3) is 0 Å². The first-order valence-corrected chi connectivity index (χ1v) is 9.47. The molecule has 0 spiro atoms. The van der Waals surface area contributed by atoms with Crippen LogP contribution in [0.2, 0.25) is 0 Å². The zero-order valence-corrected chi connectivity index (χ0v) is 16.3. The molecule has 1 saturated carbocycles. The molecule has 0 aromatic heterocycles. The summed E-state index contributed by atoms with van der Waals surface area (Å²) in [5, 5.41) is 0. The number of likely N-dealkylation sites (tertiary alicyclic amines) is 1. The average molecular weight is 362 g/mol. The molecular weight excluding hydrogens is 332 g/mol. The van der Waals surface area contributed by atoms with E-state index in [1.807, 2.05) is 0 Å². The van der Waals surface area contributed by atoms with E-state index in [4.69, 9.17) is 14.2 Å². The minimum atomic E-state index is 0.0710. The third kappa shape index (κ3) is 3.75. The molecule has 1 amide bonds. The molecule has 1 aliphatic heterocycles. The number of piperidine rings is 1. The van der Waals surface area contributed by atoms with Gasteiger partial charge in [-0.05, 0) is 44.4 Å². The number of carbonyl (C=O) groups is 1. The van der Waals surface area contributed by atoms with Gasteiger partial charge in [-0.2, -0.15) is 0 Å². The number of benzene rings is 1. The van der Waals surface area contributed by atoms with Crippen LogP contribution in [0.5, 0.6) is 17.2 Å². The van der Waals surface area contributed by atoms with Crippen molar-refractivity contribution in [1.82, 2.24) is 9.80 Å². The van der Waals surface area contributed by atoms with E-state index >= 15 is 0 Å². The predicted octanol–water partition coefficient (Wildman–Crippen LogP) is 2.80. The Kier molecular flexibility index (Phi) is 5.91. The molecule has 2 fully saturated rings. The molecule has 0 atom stereocenters. The van der Waals surface area contributed by atoms with E-state index < -0.39 is 0 Å². The molecule has 2 aliphatic rings. The molecular formula is C20H30N2O4. The van der Waals surface area contributed by atoms with Gasteiger partial charge in [0.2, 0.25) is 5.75 Å². The summed E-state index contributed by atoms with van der Waals surface area (Å²) >= 11 is 0. The number of nitrogens with zero attached hydrogens (tertiary/aromatic N) is 2. The second-order valence-electron chi connectivity index (χ2n) is 7.02. The number of carbonyl (C=O) groups excluding carboxylic acids is 1. The number of hydrogen-bond donors (Lipinski definition) is 0. The topological polar surface area (TPSA) is 51.2 Å². The fourth-order valence-electron chi connectivity index (χ4n) is 3.85. The fraction of sp³-hybridized carbons (Fsp3) is 0.650. The van der Waals surface area contributed by atoms with Gasteiger partial charge in [0, 0.05) is 30.7 Å². The maximum Gasteiger partial charge on any atom is 0.254 e. The largest absolute Gasteiger partial charge is 0.493 e. The molecule has 6 heteroatoms. The highest BCUT2D eigenvalue weighted by Crippen LogP contribution is 2.40. The van der Waals surface area contributed by atoms with Crippen LogP contribution < -0.4 is 14.2 Å². The second-order valence-corrected chi connectivity index (χ2v) is 7.02. The van der Waals surface area contributed by atoms with E-state index in [1.165, 1.54) is 0 Å². The molecule has 1 heterocycles. The predicted molar refractivity (Wildman–Crippen MR) is 100 cm³/mol. The van der Waals surface area contributed by atoms with E-state index in [-0.39, 0.29) is 5.91 Å². The summed E-state index contributed by atoms with van der Waals surface area (Å²) in [4.78, 5) is 17.9. The Hall–Kier alpha value is -1.95. The van der Waals surface area contributed by atoms with Crippen LogP contribution in [-0.2, 0) is 0 Å². The lowest BCUT2D eigenvalue weighted by atomic mass is 10.0. The van der Waals surface area contributed by atoms with Crippen LogP contribution in [-0.4, -0.2) is 68.8 Å². The molecule has 26 heavy (non-hydrogen) atoms. The third-order valence-electron chi connectivity index (χ3n) is 5.48. The normalized spacial score (nSPS) is 18.5. The molecule has 0 bridgehead atoms. The van der Waals surface area contributed by atoms with Crippen molar-refractivity contribution in [2.45, 2.75) is 44.7 Å². The molecule has 1 saturated heterocycles. The van der Waals surface area contributed by atoms with Gasteiger partial charge in [-0.25, -0.2) is 0 Å². The summed E-state index contributed by atoms with van der Waals surface area (Å²) in [6.45, 7) is 5.40. The number of methoxy groups -OCH3 is 3. The second kappa shape index (κ2) is 8.16. The Morgan fingerprint density at radius 2 is 1.54 bits per heavy atom. The number of rotatable bonds is 7. The highest BCUT2D eigenvalue weighted by Gasteiger charge is 2.39. The van der Waals surface area contributed by atoms with Crippen LogP contribution >= 0.6 is 0 Å². The molecule has 3 rings (SSSR count). The highest BCUT2D eigenvalue weighted by atomic mass is 16.5. The van der Waals surface area contributed by atoms with Gasteiger partial charge < -0.3 is 24.0 Å². The molecule has 0 radical (unpaired) electrons. The lowest BCUT2D eigenvalue weighted by Gasteiger charge is -2.38. The van der Waals surface area contributed by atoms with Gasteiger partial charge in [0.1, 0.15) is 0 Å². The van der Waals surface area contributed by atoms with E-state index in [9.17, 15) is 4.79 Å². The molecule has 144 valence electrons. The third-order valence-corrected chi connectivity index (χ3v) is 5.48. The van der Waals surface area contributed by atoms with Crippen LogP contribution in [0.4, 0.5) is 0 Å². The first-order valence-electron chi connectivity index (χ1n) is 9.47. The molecule has 1 aliphatic carbocycles. The van der Waals surface area contributed by atoms with Gasteiger partial charge in [-0.15, -0.1) is 0 Å². The van der Waals surface area contributed by atoms with Gasteiger partial charge in [-0.1, -0.05) is 6.92 Å². The lowest BCUT2D eigenvalue weighted by Crippen LogP contribution is -2.48. The van der Waals surface area contributed by atoms with E-state index in [0.29, 0.717) is 34.9 Å². The summed E-state index contributed by atoms with van der Waals surface area (Å²) in [6, 6.07) is 4.22. The van der Waals surface area contributed by atoms with Crippen molar-refractivity contribution < 1.29 is 19.0 Å². The van der Waals surface area contributed by atoms with Crippen LogP contribution in [0.15, 0.2) is 12.1 Å². The number of amides is 1. The molecule has 0 unspecified atom stereocenters. The average Bonchev–Trinajstić information content (AvgIpc) is 3.52. The monoisotopic (exact) mass is 362 g/mol. The number of ether oxygens (including phenoxy) is 3. The Morgan fingerprint density at radius 1 is 1.00 bits per heavy atom. The van der Waals surface area contributed by atoms with Crippen molar-refractivity contribution >= 4 is 5.91 Å². The van der Waals surface area contributed by atoms with Gasteiger partial charge in [-0.3, -0.25) is 4.79 Å². The Labute approximate surface area is 156 Å². The molecule has 6 nitrogen and oxygen atoms in total. The standard InChI is InChI=1S/C20H30N2O4/c1-5-21-10-8-16(9-11-21)22(15-6-7-15)20(23)14-12-17(24-2)19(26-4)18(13-14)25-3/h12-13,15-16H,5-11H2,1-4H3. The van der Waals surface area contributed by atoms with E-state index in [2.05, 4.69) is 16.7 Å². The molecule has 1 aromatic carbocycles. The maximum absolute atomic E-state index is 13.4. The summed E-state index contributed by atoms with van der Waals surface area (Å²) in [7, 11) is 4.72. The van der Waals surface area contributed by atoms with Crippen LogP contribution in [0.3, 0.4) is 0 Å². The van der Waals surface area contributed by atoms with Gasteiger partial charge in [0.25, 0.3) is 5.91 Å². The Morgan fingerprint density at radius 3 is 1.96 bits per heavy atom. The van der Waals surface area contributed by atoms with Gasteiger partial charge in [0.15, 0.2) is 11.5 Å². The zero-order valence-electron chi connectivity index (χ0n) is 16.3. The summed E-state index contributed by atoms with van der Waals surface area (Å²) in [5.41, 5.74) is 0.601. The Bertz CT molecular complexity index is 612. The quantitative estimate of drug-likeness (QED) is 0.747. The van der Waals surface area contributed by atoms with Crippen LogP contribution in [0.1, 0.15) is 43.0 Å². The smallest absolute Gasteiger partial charge is 0.254 e. The zero-order chi connectivity index (χ0) is 18.7. The minimum Gasteiger partial charge on any atom is -0.493 e. The van der Waals surface area contributed by atoms with Crippen molar-refractivity contribution in [3.8, 4) is 17.2 Å². The minimum absolute atomic E-state index is 0.0710. The molecule has 0 N–H and O–H groups in total. The highest BCUT2D eigenvalue weighted by molar-refractivity contribution is 5.96. The fourth-order valence-corrected chi connectivity index (χ4v) is 3.85. The maximum atomic E-state index is 13.4. The first-order chi connectivity index (χ1) is 12.6. The van der Waals surface area contributed by atoms with Gasteiger partial charge in [0.05, 0.1) is 21.3 Å². The Balaban J connectivity index is 1.86. The van der Waals surface area contributed by atoms with E-state index in [0.717, 1.165) is 45.3 Å². The first kappa shape index (κ1) is 18.8. The van der Waals surface area contributed by atoms with Crippen molar-refractivity contribution in [1.29, 1.82) is 0 Å². The van der Waals surface area contributed by atoms with Crippen molar-refractivity contribution in [3.05, 3.63) is 17.7 Å². The summed E-state index contributed by atoms with van der Waals surface area (Å²) < 4.78 is 16.2. The lowest BCUT2D eigenvalue weighted by molar-refractivity contribution is 0.0553. The number of hydrogen-bond acceptors (Lipinski definition) is 5. The van der Waals surface area contributed by atoms with Crippen molar-refractivity contribution in [3.63, 3.8) is 0 Å². The van der Waals surface area contributed by atoms with Crippen molar-refractivity contribution in [2.75, 3.05) is 41.0 Å². The molecule has 1 aromatic rings. The summed E-state index contributed by atoms with van der Waals surface area (Å²) in [5.74, 6) is 1.63.